The molecule has 1 aliphatic carbocycles. The van der Waals surface area contributed by atoms with Crippen LogP contribution in [-0.4, -0.2) is 15.0 Å². The summed E-state index contributed by atoms with van der Waals surface area (Å²) < 4.78 is 1.88. The third-order valence-corrected chi connectivity index (χ3v) is 2.51. The van der Waals surface area contributed by atoms with Crippen LogP contribution in [0, 0.1) is 0 Å². The molecule has 0 unspecified atom stereocenters. The van der Waals surface area contributed by atoms with Crippen LogP contribution in [0.5, 0.6) is 0 Å². The highest BCUT2D eigenvalue weighted by atomic mass is 15.2. The molecule has 0 spiro atoms. The molecule has 6 heteroatoms. The quantitative estimate of drug-likeness (QED) is 0.541. The number of hydrogen-bond acceptors (Lipinski definition) is 4. The molecule has 1 fully saturated rings. The van der Waals surface area contributed by atoms with E-state index in [0.29, 0.717) is 23.5 Å². The Bertz CT molecular complexity index is 498. The minimum absolute atomic E-state index is 0.426. The number of imidazole rings is 1. The van der Waals surface area contributed by atoms with Crippen molar-refractivity contribution in [1.82, 2.24) is 15.0 Å². The SMILES string of the molecule is Nc1nc2nc[nH]c2c(N)[n+]1C1CC1. The first-order valence-corrected chi connectivity index (χ1v) is 4.57. The Labute approximate surface area is 80.0 Å². The molecule has 0 aromatic carbocycles. The van der Waals surface area contributed by atoms with Gasteiger partial charge in [0.05, 0.1) is 12.4 Å². The van der Waals surface area contributed by atoms with Crippen LogP contribution in [0.25, 0.3) is 11.2 Å². The zero-order valence-electron chi connectivity index (χ0n) is 7.57. The van der Waals surface area contributed by atoms with E-state index in [1.165, 1.54) is 0 Å². The summed E-state index contributed by atoms with van der Waals surface area (Å²) in [6.07, 6.45) is 3.82. The van der Waals surface area contributed by atoms with Gasteiger partial charge in [-0.15, -0.1) is 0 Å². The molecule has 6 nitrogen and oxygen atoms in total. The summed E-state index contributed by atoms with van der Waals surface area (Å²) in [5.41, 5.74) is 13.1. The summed E-state index contributed by atoms with van der Waals surface area (Å²) in [5.74, 6) is 1.08. The summed E-state index contributed by atoms with van der Waals surface area (Å²) in [5, 5.41) is 0. The number of fused-ring (bicyclic) bond motifs is 1. The van der Waals surface area contributed by atoms with E-state index in [-0.39, 0.29) is 0 Å². The predicted molar refractivity (Wildman–Crippen MR) is 51.2 cm³/mol. The first-order chi connectivity index (χ1) is 6.77. The lowest BCUT2D eigenvalue weighted by Gasteiger charge is -2.04. The Morgan fingerprint density at radius 1 is 1.43 bits per heavy atom. The van der Waals surface area contributed by atoms with Gasteiger partial charge in [0.25, 0.3) is 0 Å². The number of aromatic amines is 1. The standard InChI is InChI=1S/C8H10N6/c9-6-5-7(12-3-11-5)13-8(10)14(6)4-1-2-4/h3-4H,1-2H2,(H4,9,10,11,12,13)/p+1. The fourth-order valence-corrected chi connectivity index (χ4v) is 1.68. The number of nitrogens with zero attached hydrogens (tertiary/aromatic N) is 3. The first-order valence-electron chi connectivity index (χ1n) is 4.57. The molecule has 0 saturated heterocycles. The summed E-state index contributed by atoms with van der Waals surface area (Å²) in [7, 11) is 0. The number of rotatable bonds is 1. The van der Waals surface area contributed by atoms with Crippen molar-refractivity contribution in [2.45, 2.75) is 18.9 Å². The molecule has 0 atom stereocenters. The predicted octanol–water partition coefficient (Wildman–Crippen LogP) is -0.255. The van der Waals surface area contributed by atoms with E-state index >= 15 is 0 Å². The third-order valence-electron chi connectivity index (χ3n) is 2.51. The molecule has 5 N–H and O–H groups in total. The highest BCUT2D eigenvalue weighted by Crippen LogP contribution is 2.31. The second-order valence-electron chi connectivity index (χ2n) is 3.56. The fraction of sp³-hybridized carbons (Fsp3) is 0.375. The van der Waals surface area contributed by atoms with Gasteiger partial charge in [-0.2, -0.15) is 0 Å². The van der Waals surface area contributed by atoms with Crippen LogP contribution in [0.3, 0.4) is 0 Å². The molecule has 2 aromatic rings. The number of H-pyrrole nitrogens is 1. The van der Waals surface area contributed by atoms with Gasteiger partial charge < -0.3 is 16.5 Å². The molecule has 72 valence electrons. The van der Waals surface area contributed by atoms with Gasteiger partial charge in [0, 0.05) is 0 Å². The number of nitrogen functional groups attached to an aromatic ring is 2. The van der Waals surface area contributed by atoms with Gasteiger partial charge in [0.1, 0.15) is 0 Å². The van der Waals surface area contributed by atoms with E-state index < -0.39 is 0 Å². The Kier molecular flexibility index (Phi) is 1.26. The van der Waals surface area contributed by atoms with Crippen molar-refractivity contribution in [3.63, 3.8) is 0 Å². The maximum Gasteiger partial charge on any atom is 0.347 e. The Morgan fingerprint density at radius 3 is 2.93 bits per heavy atom. The summed E-state index contributed by atoms with van der Waals surface area (Å²) >= 11 is 0. The summed E-state index contributed by atoms with van der Waals surface area (Å²) in [4.78, 5) is 11.2. The zero-order chi connectivity index (χ0) is 9.71. The van der Waals surface area contributed by atoms with Crippen molar-refractivity contribution in [2.75, 3.05) is 11.5 Å². The van der Waals surface area contributed by atoms with Crippen molar-refractivity contribution in [3.05, 3.63) is 6.33 Å². The second-order valence-corrected chi connectivity index (χ2v) is 3.56. The monoisotopic (exact) mass is 191 g/mol. The molecule has 0 bridgehead atoms. The Balaban J connectivity index is 2.36. The largest absolute Gasteiger partial charge is 0.347 e. The minimum atomic E-state index is 0.426. The lowest BCUT2D eigenvalue weighted by Crippen LogP contribution is -2.40. The van der Waals surface area contributed by atoms with E-state index in [2.05, 4.69) is 15.0 Å². The van der Waals surface area contributed by atoms with Crippen LogP contribution in [0.1, 0.15) is 18.9 Å². The fourth-order valence-electron chi connectivity index (χ4n) is 1.68. The van der Waals surface area contributed by atoms with Crippen molar-refractivity contribution >= 4 is 22.9 Å². The molecule has 1 aliphatic rings. The van der Waals surface area contributed by atoms with Crippen LogP contribution in [0.2, 0.25) is 0 Å². The molecule has 2 heterocycles. The second kappa shape index (κ2) is 2.34. The van der Waals surface area contributed by atoms with Gasteiger partial charge in [0.2, 0.25) is 11.5 Å². The van der Waals surface area contributed by atoms with Crippen LogP contribution in [0.4, 0.5) is 11.8 Å². The number of hydrogen-bond donors (Lipinski definition) is 3. The van der Waals surface area contributed by atoms with Crippen LogP contribution in [0.15, 0.2) is 6.33 Å². The maximum atomic E-state index is 5.98. The number of anilines is 2. The van der Waals surface area contributed by atoms with Crippen LogP contribution < -0.4 is 16.0 Å². The topological polar surface area (TPSA) is 97.5 Å². The van der Waals surface area contributed by atoms with Gasteiger partial charge in [-0.1, -0.05) is 4.98 Å². The van der Waals surface area contributed by atoms with Gasteiger partial charge in [0.15, 0.2) is 5.52 Å². The van der Waals surface area contributed by atoms with E-state index in [9.17, 15) is 0 Å². The highest BCUT2D eigenvalue weighted by molar-refractivity contribution is 5.79. The van der Waals surface area contributed by atoms with Gasteiger partial charge in [-0.25, -0.2) is 9.55 Å². The highest BCUT2D eigenvalue weighted by Gasteiger charge is 2.32. The van der Waals surface area contributed by atoms with Crippen LogP contribution in [-0.2, 0) is 0 Å². The molecular weight excluding hydrogens is 180 g/mol. The molecule has 0 aliphatic heterocycles. The normalized spacial score (nSPS) is 16.3. The zero-order valence-corrected chi connectivity index (χ0v) is 7.57. The molecular formula is C8H11N6+. The van der Waals surface area contributed by atoms with Crippen molar-refractivity contribution in [2.24, 2.45) is 0 Å². The average Bonchev–Trinajstić information content (AvgIpc) is 2.84. The van der Waals surface area contributed by atoms with Crippen LogP contribution >= 0.6 is 0 Å². The number of nitrogens with one attached hydrogen (secondary N) is 1. The molecule has 1 saturated carbocycles. The smallest absolute Gasteiger partial charge is 0.337 e. The molecule has 2 aromatic heterocycles. The summed E-state index contributed by atoms with van der Waals surface area (Å²) in [6, 6.07) is 0.426. The minimum Gasteiger partial charge on any atom is -0.337 e. The Hall–Kier alpha value is -1.85. The third kappa shape index (κ3) is 0.876. The average molecular weight is 191 g/mol. The van der Waals surface area contributed by atoms with E-state index in [1.54, 1.807) is 6.33 Å². The van der Waals surface area contributed by atoms with Gasteiger partial charge in [-0.05, 0) is 12.8 Å². The molecule has 0 radical (unpaired) electrons. The first kappa shape index (κ1) is 7.54. The number of nitrogens with two attached hydrogens (primary N) is 2. The maximum absolute atomic E-state index is 5.98. The van der Waals surface area contributed by atoms with E-state index in [0.717, 1.165) is 18.4 Å². The van der Waals surface area contributed by atoms with Crippen molar-refractivity contribution in [1.29, 1.82) is 0 Å². The van der Waals surface area contributed by atoms with E-state index in [4.69, 9.17) is 11.5 Å². The summed E-state index contributed by atoms with van der Waals surface area (Å²) in [6.45, 7) is 0. The lowest BCUT2D eigenvalue weighted by molar-refractivity contribution is -0.673. The molecule has 14 heavy (non-hydrogen) atoms. The van der Waals surface area contributed by atoms with E-state index in [1.807, 2.05) is 4.57 Å². The van der Waals surface area contributed by atoms with Gasteiger partial charge in [-0.3, -0.25) is 0 Å². The lowest BCUT2D eigenvalue weighted by atomic mass is 10.4. The van der Waals surface area contributed by atoms with Crippen molar-refractivity contribution < 1.29 is 4.57 Å². The number of aromatic nitrogens is 4. The molecule has 3 rings (SSSR count). The Morgan fingerprint density at radius 2 is 2.21 bits per heavy atom. The molecule has 0 amide bonds. The van der Waals surface area contributed by atoms with Gasteiger partial charge >= 0.3 is 5.95 Å². The van der Waals surface area contributed by atoms with Crippen molar-refractivity contribution in [3.8, 4) is 0 Å².